The Morgan fingerprint density at radius 2 is 1.95 bits per heavy atom. The lowest BCUT2D eigenvalue weighted by atomic mass is 9.98. The zero-order valence-corrected chi connectivity index (χ0v) is 12.7. The molecule has 2 heterocycles. The number of nitrogens with zero attached hydrogens (tertiary/aromatic N) is 2. The second-order valence-corrected chi connectivity index (χ2v) is 7.04. The molecule has 1 saturated carbocycles. The van der Waals surface area contributed by atoms with Gasteiger partial charge in [0.2, 0.25) is 0 Å². The second-order valence-electron chi connectivity index (χ2n) is 7.04. The number of hydrogen-bond donors (Lipinski definition) is 0. The molecule has 3 aliphatic rings. The molecule has 0 radical (unpaired) electrons. The van der Waals surface area contributed by atoms with Gasteiger partial charge >= 0.3 is 0 Å². The Balaban J connectivity index is 1.51. The van der Waals surface area contributed by atoms with Crippen LogP contribution in [0.25, 0.3) is 0 Å². The van der Waals surface area contributed by atoms with Crippen molar-refractivity contribution >= 4 is 0 Å². The monoisotopic (exact) mass is 274 g/mol. The van der Waals surface area contributed by atoms with Crippen LogP contribution in [0.5, 0.6) is 0 Å². The summed E-state index contributed by atoms with van der Waals surface area (Å²) in [4.78, 5) is 4.79. The van der Waals surface area contributed by atoms with Crippen molar-refractivity contribution in [2.24, 2.45) is 0 Å². The third-order valence-corrected chi connectivity index (χ3v) is 5.66. The summed E-state index contributed by atoms with van der Waals surface area (Å²) < 4.78 is 8.95. The highest BCUT2D eigenvalue weighted by Crippen LogP contribution is 2.43. The molecule has 4 rings (SSSR count). The molecule has 1 aromatic rings. The number of rotatable bonds is 2. The van der Waals surface area contributed by atoms with Gasteiger partial charge in [0.1, 0.15) is 5.82 Å². The minimum absolute atomic E-state index is 0.263. The topological polar surface area (TPSA) is 27.1 Å². The van der Waals surface area contributed by atoms with E-state index >= 15 is 0 Å². The van der Waals surface area contributed by atoms with Gasteiger partial charge in [0, 0.05) is 5.69 Å². The molecule has 2 aliphatic carbocycles. The zero-order chi connectivity index (χ0) is 13.6. The van der Waals surface area contributed by atoms with Crippen LogP contribution in [0.15, 0.2) is 0 Å². The average Bonchev–Trinajstić information content (AvgIpc) is 3.14. The van der Waals surface area contributed by atoms with Crippen LogP contribution >= 0.6 is 0 Å². The van der Waals surface area contributed by atoms with Gasteiger partial charge in [-0.15, -0.1) is 0 Å². The van der Waals surface area contributed by atoms with Crippen molar-refractivity contribution in [2.75, 3.05) is 0 Å². The van der Waals surface area contributed by atoms with Gasteiger partial charge in [-0.05, 0) is 58.3 Å². The lowest BCUT2D eigenvalue weighted by Gasteiger charge is -2.25. The highest BCUT2D eigenvalue weighted by molar-refractivity contribution is 5.20. The molecule has 1 saturated heterocycles. The third-order valence-electron chi connectivity index (χ3n) is 5.66. The van der Waals surface area contributed by atoms with Crippen LogP contribution in [0.1, 0.15) is 68.6 Å². The molecular formula is C17H26N2O. The van der Waals surface area contributed by atoms with Crippen LogP contribution in [0.4, 0.5) is 0 Å². The number of hydrogen-bond acceptors (Lipinski definition) is 2. The Morgan fingerprint density at radius 3 is 2.80 bits per heavy atom. The summed E-state index contributed by atoms with van der Waals surface area (Å²) in [6.07, 6.45) is 13.3. The van der Waals surface area contributed by atoms with Gasteiger partial charge in [0.25, 0.3) is 0 Å². The summed E-state index contributed by atoms with van der Waals surface area (Å²) in [5, 5.41) is 0. The van der Waals surface area contributed by atoms with E-state index in [-0.39, 0.29) is 5.60 Å². The Labute approximate surface area is 121 Å². The maximum absolute atomic E-state index is 6.48. The summed E-state index contributed by atoms with van der Waals surface area (Å²) in [6.45, 7) is 3.20. The zero-order valence-electron chi connectivity index (χ0n) is 12.7. The predicted molar refractivity (Wildman–Crippen MR) is 78.9 cm³/mol. The molecule has 110 valence electrons. The standard InChI is InChI=1S/C17H26N2O/c1-13-18-15-6-2-3-7-16(15)19(13)12-14-8-11-17(20-14)9-4-5-10-17/h14H,2-12H2,1H3. The lowest BCUT2D eigenvalue weighted by Crippen LogP contribution is -2.27. The van der Waals surface area contributed by atoms with Gasteiger partial charge in [-0.3, -0.25) is 0 Å². The first-order chi connectivity index (χ1) is 9.76. The van der Waals surface area contributed by atoms with Crippen molar-refractivity contribution in [1.29, 1.82) is 0 Å². The number of fused-ring (bicyclic) bond motifs is 1. The van der Waals surface area contributed by atoms with Crippen molar-refractivity contribution in [3.05, 3.63) is 17.2 Å². The molecule has 1 unspecified atom stereocenters. The van der Waals surface area contributed by atoms with E-state index in [1.54, 1.807) is 0 Å². The lowest BCUT2D eigenvalue weighted by molar-refractivity contribution is -0.0422. The fraction of sp³-hybridized carbons (Fsp3) is 0.824. The molecular weight excluding hydrogens is 248 g/mol. The molecule has 1 aliphatic heterocycles. The molecule has 1 atom stereocenters. The van der Waals surface area contributed by atoms with E-state index in [1.807, 2.05) is 0 Å². The smallest absolute Gasteiger partial charge is 0.106 e. The Hall–Kier alpha value is -0.830. The molecule has 0 bridgehead atoms. The maximum Gasteiger partial charge on any atom is 0.106 e. The molecule has 3 heteroatoms. The van der Waals surface area contributed by atoms with Crippen molar-refractivity contribution in [1.82, 2.24) is 9.55 Å². The molecule has 3 nitrogen and oxygen atoms in total. The maximum atomic E-state index is 6.48. The fourth-order valence-electron chi connectivity index (χ4n) is 4.59. The van der Waals surface area contributed by atoms with Crippen molar-refractivity contribution in [3.8, 4) is 0 Å². The first-order valence-corrected chi connectivity index (χ1v) is 8.48. The van der Waals surface area contributed by atoms with E-state index in [1.165, 1.54) is 81.4 Å². The highest BCUT2D eigenvalue weighted by atomic mass is 16.5. The van der Waals surface area contributed by atoms with Crippen LogP contribution < -0.4 is 0 Å². The predicted octanol–water partition coefficient (Wildman–Crippen LogP) is 3.56. The van der Waals surface area contributed by atoms with Crippen LogP contribution in [0, 0.1) is 6.92 Å². The van der Waals surface area contributed by atoms with E-state index in [4.69, 9.17) is 9.72 Å². The molecule has 1 spiro atoms. The third kappa shape index (κ3) is 2.11. The molecule has 20 heavy (non-hydrogen) atoms. The summed E-state index contributed by atoms with van der Waals surface area (Å²) in [5.74, 6) is 1.20. The van der Waals surface area contributed by atoms with Gasteiger partial charge < -0.3 is 9.30 Å². The first kappa shape index (κ1) is 12.9. The molecule has 0 amide bonds. The van der Waals surface area contributed by atoms with Gasteiger partial charge in [-0.2, -0.15) is 0 Å². The molecule has 2 fully saturated rings. The number of aryl methyl sites for hydroxylation is 2. The SMILES string of the molecule is Cc1nc2c(n1CC1CCC3(CCCC3)O1)CCCC2. The molecule has 0 N–H and O–H groups in total. The first-order valence-electron chi connectivity index (χ1n) is 8.48. The summed E-state index contributed by atoms with van der Waals surface area (Å²) in [7, 11) is 0. The molecule has 0 aromatic carbocycles. The number of imidazole rings is 1. The Bertz CT molecular complexity index is 499. The highest BCUT2D eigenvalue weighted by Gasteiger charge is 2.42. The van der Waals surface area contributed by atoms with Crippen LogP contribution in [-0.4, -0.2) is 21.3 Å². The number of aromatic nitrogens is 2. The van der Waals surface area contributed by atoms with E-state index in [0.717, 1.165) is 6.54 Å². The molecule has 1 aromatic heterocycles. The Kier molecular flexibility index (Phi) is 3.13. The van der Waals surface area contributed by atoms with Crippen LogP contribution in [0.2, 0.25) is 0 Å². The van der Waals surface area contributed by atoms with Crippen molar-refractivity contribution in [3.63, 3.8) is 0 Å². The minimum Gasteiger partial charge on any atom is -0.370 e. The summed E-state index contributed by atoms with van der Waals surface area (Å²) in [6, 6.07) is 0. The number of ether oxygens (including phenoxy) is 1. The van der Waals surface area contributed by atoms with Gasteiger partial charge in [0.05, 0.1) is 23.9 Å². The summed E-state index contributed by atoms with van der Waals surface area (Å²) in [5.41, 5.74) is 3.13. The average molecular weight is 274 g/mol. The van der Waals surface area contributed by atoms with E-state index in [0.29, 0.717) is 6.10 Å². The van der Waals surface area contributed by atoms with Crippen LogP contribution in [0.3, 0.4) is 0 Å². The van der Waals surface area contributed by atoms with Gasteiger partial charge in [-0.1, -0.05) is 12.8 Å². The second kappa shape index (κ2) is 4.87. The Morgan fingerprint density at radius 1 is 1.15 bits per heavy atom. The van der Waals surface area contributed by atoms with E-state index < -0.39 is 0 Å². The van der Waals surface area contributed by atoms with E-state index in [9.17, 15) is 0 Å². The van der Waals surface area contributed by atoms with Gasteiger partial charge in [-0.25, -0.2) is 4.98 Å². The quantitative estimate of drug-likeness (QED) is 0.824. The normalized spacial score (nSPS) is 28.1. The summed E-state index contributed by atoms with van der Waals surface area (Å²) >= 11 is 0. The van der Waals surface area contributed by atoms with Crippen molar-refractivity contribution < 1.29 is 4.74 Å². The van der Waals surface area contributed by atoms with Gasteiger partial charge in [0.15, 0.2) is 0 Å². The van der Waals surface area contributed by atoms with E-state index in [2.05, 4.69) is 11.5 Å². The largest absolute Gasteiger partial charge is 0.370 e. The van der Waals surface area contributed by atoms with Crippen molar-refractivity contribution in [2.45, 2.75) is 89.4 Å². The fourth-order valence-corrected chi connectivity index (χ4v) is 4.59. The minimum atomic E-state index is 0.263. The van der Waals surface area contributed by atoms with Crippen LogP contribution in [-0.2, 0) is 24.1 Å².